The predicted molar refractivity (Wildman–Crippen MR) is 80.7 cm³/mol. The van der Waals surface area contributed by atoms with Gasteiger partial charge in [0.2, 0.25) is 0 Å². The largest absolute Gasteiger partial charge is 0.207 e. The number of benzene rings is 2. The zero-order valence-electron chi connectivity index (χ0n) is 10.0. The number of hydrogen-bond acceptors (Lipinski definition) is 0. The van der Waals surface area contributed by atoms with Crippen LogP contribution in [0.4, 0.5) is 8.78 Å². The third kappa shape index (κ3) is 3.42. The summed E-state index contributed by atoms with van der Waals surface area (Å²) in [6.45, 7) is 0. The highest BCUT2D eigenvalue weighted by Gasteiger charge is 2.18. The van der Waals surface area contributed by atoms with Gasteiger partial charge in [0.25, 0.3) is 0 Å². The van der Waals surface area contributed by atoms with Gasteiger partial charge in [-0.15, -0.1) is 0 Å². The minimum Gasteiger partial charge on any atom is -0.207 e. The maximum atomic E-state index is 14.0. The third-order valence-corrected chi connectivity index (χ3v) is 4.44. The highest BCUT2D eigenvalue weighted by atomic mass is 79.9. The quantitative estimate of drug-likeness (QED) is 0.481. The average molecular weight is 390 g/mol. The summed E-state index contributed by atoms with van der Waals surface area (Å²) in [5.41, 5.74) is 1.20. The van der Waals surface area contributed by atoms with Gasteiger partial charge in [-0.05, 0) is 46.0 Å². The van der Waals surface area contributed by atoms with E-state index in [4.69, 9.17) is 0 Å². The Balaban J connectivity index is 2.32. The van der Waals surface area contributed by atoms with Gasteiger partial charge in [-0.2, -0.15) is 0 Å². The molecular formula is C15H12Br2F2. The van der Waals surface area contributed by atoms with Crippen molar-refractivity contribution in [2.75, 3.05) is 5.33 Å². The average Bonchev–Trinajstić information content (AvgIpc) is 2.44. The van der Waals surface area contributed by atoms with E-state index in [1.807, 2.05) is 30.3 Å². The molecule has 0 amide bonds. The Bertz CT molecular complexity index is 556. The Morgan fingerprint density at radius 2 is 1.68 bits per heavy atom. The monoisotopic (exact) mass is 388 g/mol. The fraction of sp³-hybridized carbons (Fsp3) is 0.200. The van der Waals surface area contributed by atoms with Crippen molar-refractivity contribution < 1.29 is 8.78 Å². The zero-order chi connectivity index (χ0) is 13.8. The first kappa shape index (κ1) is 14.7. The van der Waals surface area contributed by atoms with E-state index < -0.39 is 11.6 Å². The van der Waals surface area contributed by atoms with Crippen LogP contribution in [-0.4, -0.2) is 5.33 Å². The van der Waals surface area contributed by atoms with E-state index >= 15 is 0 Å². The Morgan fingerprint density at radius 1 is 1.00 bits per heavy atom. The lowest BCUT2D eigenvalue weighted by Gasteiger charge is -2.16. The number of alkyl halides is 1. The van der Waals surface area contributed by atoms with E-state index in [0.29, 0.717) is 16.2 Å². The van der Waals surface area contributed by atoms with Gasteiger partial charge in [-0.1, -0.05) is 46.3 Å². The summed E-state index contributed by atoms with van der Waals surface area (Å²) in [6, 6.07) is 12.4. The predicted octanol–water partition coefficient (Wildman–Crippen LogP) is 5.45. The lowest BCUT2D eigenvalue weighted by Crippen LogP contribution is -2.08. The maximum absolute atomic E-state index is 14.0. The van der Waals surface area contributed by atoms with Gasteiger partial charge in [0.15, 0.2) is 0 Å². The Kier molecular flexibility index (Phi) is 5.11. The lowest BCUT2D eigenvalue weighted by molar-refractivity contribution is 0.541. The van der Waals surface area contributed by atoms with Gasteiger partial charge in [0.1, 0.15) is 11.6 Å². The van der Waals surface area contributed by atoms with Crippen LogP contribution >= 0.6 is 31.9 Å². The van der Waals surface area contributed by atoms with Gasteiger partial charge >= 0.3 is 0 Å². The standard InChI is InChI=1S/C15H12Br2F2/c16-9-11(10-4-2-1-3-5-10)8-12-14(18)7-6-13(17)15(12)19/h1-7,11H,8-9H2. The van der Waals surface area contributed by atoms with Crippen molar-refractivity contribution >= 4 is 31.9 Å². The van der Waals surface area contributed by atoms with Gasteiger partial charge in [-0.3, -0.25) is 0 Å². The molecule has 1 unspecified atom stereocenters. The zero-order valence-corrected chi connectivity index (χ0v) is 13.2. The molecular weight excluding hydrogens is 378 g/mol. The molecule has 0 spiro atoms. The molecule has 0 heterocycles. The first-order chi connectivity index (χ1) is 9.13. The second-order valence-electron chi connectivity index (χ2n) is 4.29. The van der Waals surface area contributed by atoms with Crippen molar-refractivity contribution in [2.45, 2.75) is 12.3 Å². The first-order valence-corrected chi connectivity index (χ1v) is 7.78. The Labute approximate surface area is 128 Å². The van der Waals surface area contributed by atoms with E-state index in [-0.39, 0.29) is 11.5 Å². The van der Waals surface area contributed by atoms with Gasteiger partial charge in [0.05, 0.1) is 4.47 Å². The highest BCUT2D eigenvalue weighted by Crippen LogP contribution is 2.28. The Morgan fingerprint density at radius 3 is 2.32 bits per heavy atom. The molecule has 0 radical (unpaired) electrons. The van der Waals surface area contributed by atoms with E-state index in [1.165, 1.54) is 12.1 Å². The molecule has 0 nitrogen and oxygen atoms in total. The lowest BCUT2D eigenvalue weighted by atomic mass is 9.93. The molecule has 0 bridgehead atoms. The molecule has 0 fully saturated rings. The second-order valence-corrected chi connectivity index (χ2v) is 5.79. The first-order valence-electron chi connectivity index (χ1n) is 5.86. The van der Waals surface area contributed by atoms with E-state index in [1.54, 1.807) is 0 Å². The van der Waals surface area contributed by atoms with Crippen LogP contribution in [0.25, 0.3) is 0 Å². The molecule has 2 rings (SSSR count). The summed E-state index contributed by atoms with van der Waals surface area (Å²) in [5, 5.41) is 0.655. The third-order valence-electron chi connectivity index (χ3n) is 3.05. The molecule has 19 heavy (non-hydrogen) atoms. The smallest absolute Gasteiger partial charge is 0.143 e. The molecule has 4 heteroatoms. The molecule has 0 aromatic heterocycles. The van der Waals surface area contributed by atoms with Crippen molar-refractivity contribution in [1.82, 2.24) is 0 Å². The van der Waals surface area contributed by atoms with Crippen LogP contribution in [0, 0.1) is 11.6 Å². The summed E-state index contributed by atoms with van der Waals surface area (Å²) >= 11 is 6.52. The van der Waals surface area contributed by atoms with Crippen LogP contribution in [0.2, 0.25) is 0 Å². The van der Waals surface area contributed by atoms with Crippen LogP contribution in [0.3, 0.4) is 0 Å². The number of halogens is 4. The SMILES string of the molecule is Fc1ccc(Br)c(F)c1CC(CBr)c1ccccc1. The van der Waals surface area contributed by atoms with Crippen molar-refractivity contribution in [3.63, 3.8) is 0 Å². The summed E-state index contributed by atoms with van der Waals surface area (Å²) < 4.78 is 28.0. The maximum Gasteiger partial charge on any atom is 0.143 e. The molecule has 2 aromatic rings. The summed E-state index contributed by atoms with van der Waals surface area (Å²) in [6.07, 6.45) is 0.326. The van der Waals surface area contributed by atoms with E-state index in [9.17, 15) is 8.78 Å². The van der Waals surface area contributed by atoms with Crippen molar-refractivity contribution in [3.05, 3.63) is 69.7 Å². The van der Waals surface area contributed by atoms with Gasteiger partial charge < -0.3 is 0 Å². The van der Waals surface area contributed by atoms with E-state index in [0.717, 1.165) is 5.56 Å². The van der Waals surface area contributed by atoms with Crippen LogP contribution in [0.5, 0.6) is 0 Å². The number of rotatable bonds is 4. The molecule has 1 atom stereocenters. The molecule has 0 aliphatic heterocycles. The van der Waals surface area contributed by atoms with Gasteiger partial charge in [-0.25, -0.2) is 8.78 Å². The van der Waals surface area contributed by atoms with Crippen LogP contribution in [0.15, 0.2) is 46.9 Å². The minimum atomic E-state index is -0.512. The molecule has 0 aliphatic carbocycles. The van der Waals surface area contributed by atoms with Crippen LogP contribution in [0.1, 0.15) is 17.0 Å². The molecule has 100 valence electrons. The minimum absolute atomic E-state index is 0.0412. The fourth-order valence-corrected chi connectivity index (χ4v) is 2.96. The second kappa shape index (κ2) is 6.62. The topological polar surface area (TPSA) is 0 Å². The van der Waals surface area contributed by atoms with Crippen molar-refractivity contribution in [1.29, 1.82) is 0 Å². The van der Waals surface area contributed by atoms with Crippen molar-refractivity contribution in [3.8, 4) is 0 Å². The molecule has 0 saturated carbocycles. The number of hydrogen-bond donors (Lipinski definition) is 0. The molecule has 0 saturated heterocycles. The molecule has 2 aromatic carbocycles. The van der Waals surface area contributed by atoms with E-state index in [2.05, 4.69) is 31.9 Å². The summed E-state index contributed by atoms with van der Waals surface area (Å²) in [4.78, 5) is 0. The summed E-state index contributed by atoms with van der Waals surface area (Å²) in [5.74, 6) is -0.969. The molecule has 0 N–H and O–H groups in total. The molecule has 0 aliphatic rings. The van der Waals surface area contributed by atoms with Crippen LogP contribution in [-0.2, 0) is 6.42 Å². The summed E-state index contributed by atoms with van der Waals surface area (Å²) in [7, 11) is 0. The van der Waals surface area contributed by atoms with Crippen molar-refractivity contribution in [2.24, 2.45) is 0 Å². The Hall–Kier alpha value is -0.740. The normalized spacial score (nSPS) is 12.4. The fourth-order valence-electron chi connectivity index (χ4n) is 1.99. The van der Waals surface area contributed by atoms with Crippen LogP contribution < -0.4 is 0 Å². The highest BCUT2D eigenvalue weighted by molar-refractivity contribution is 9.10. The van der Waals surface area contributed by atoms with Gasteiger partial charge in [0, 0.05) is 10.9 Å².